The van der Waals surface area contributed by atoms with Crippen molar-refractivity contribution in [1.82, 2.24) is 0 Å². The number of rotatable bonds is 7. The number of hydrogen-bond donors (Lipinski definition) is 1. The lowest BCUT2D eigenvalue weighted by Gasteiger charge is -2.22. The number of benzene rings is 1. The Morgan fingerprint density at radius 1 is 1.25 bits per heavy atom. The summed E-state index contributed by atoms with van der Waals surface area (Å²) in [5, 5.41) is 2.73. The van der Waals surface area contributed by atoms with Crippen LogP contribution in [0.1, 0.15) is 10.4 Å². The molecule has 0 aromatic heterocycles. The zero-order chi connectivity index (χ0) is 17.4. The number of nitrogens with one attached hydrogen (secondary N) is 1. The Labute approximate surface area is 140 Å². The molecule has 132 valence electrons. The molecule has 1 aliphatic rings. The molecule has 2 rings (SSSR count). The zero-order valence-electron chi connectivity index (χ0n) is 13.7. The molecule has 0 spiro atoms. The molecule has 0 saturated carbocycles. The maximum atomic E-state index is 12.2. The van der Waals surface area contributed by atoms with Crippen molar-refractivity contribution >= 4 is 17.6 Å². The minimum absolute atomic E-state index is 0.200. The first kappa shape index (κ1) is 18.2. The van der Waals surface area contributed by atoms with Crippen molar-refractivity contribution in [2.45, 2.75) is 6.10 Å². The Bertz CT molecular complexity index is 570. The number of carbonyl (C=O) groups is 2. The summed E-state index contributed by atoms with van der Waals surface area (Å²) in [6, 6.07) is 4.63. The van der Waals surface area contributed by atoms with E-state index in [0.717, 1.165) is 0 Å². The Balaban J connectivity index is 2.13. The molecular formula is C16H21NO7. The Morgan fingerprint density at radius 3 is 2.75 bits per heavy atom. The van der Waals surface area contributed by atoms with E-state index in [1.807, 2.05) is 0 Å². The maximum absolute atomic E-state index is 12.2. The normalized spacial score (nSPS) is 17.2. The Morgan fingerprint density at radius 2 is 2.08 bits per heavy atom. The molecule has 1 atom stereocenters. The van der Waals surface area contributed by atoms with Gasteiger partial charge in [0.15, 0.2) is 6.10 Å². The van der Waals surface area contributed by atoms with Crippen molar-refractivity contribution in [2.24, 2.45) is 0 Å². The highest BCUT2D eigenvalue weighted by Gasteiger charge is 2.24. The fourth-order valence-corrected chi connectivity index (χ4v) is 2.08. The summed E-state index contributed by atoms with van der Waals surface area (Å²) in [7, 11) is 2.85. The largest absolute Gasteiger partial charge is 0.489 e. The monoisotopic (exact) mass is 339 g/mol. The van der Waals surface area contributed by atoms with Crippen molar-refractivity contribution < 1.29 is 33.3 Å². The summed E-state index contributed by atoms with van der Waals surface area (Å²) in [6.07, 6.45) is -0.675. The molecular weight excluding hydrogens is 318 g/mol. The highest BCUT2D eigenvalue weighted by Crippen LogP contribution is 2.27. The van der Waals surface area contributed by atoms with Crippen molar-refractivity contribution in [2.75, 3.05) is 52.6 Å². The van der Waals surface area contributed by atoms with E-state index in [9.17, 15) is 9.59 Å². The van der Waals surface area contributed by atoms with Gasteiger partial charge in [-0.05, 0) is 18.2 Å². The van der Waals surface area contributed by atoms with Gasteiger partial charge in [-0.3, -0.25) is 4.79 Å². The average molecular weight is 339 g/mol. The van der Waals surface area contributed by atoms with Gasteiger partial charge < -0.3 is 29.0 Å². The minimum atomic E-state index is -0.675. The van der Waals surface area contributed by atoms with E-state index in [1.165, 1.54) is 13.2 Å². The second-order valence-electron chi connectivity index (χ2n) is 4.97. The average Bonchev–Trinajstić information content (AvgIpc) is 2.63. The van der Waals surface area contributed by atoms with Crippen LogP contribution in [0.2, 0.25) is 0 Å². The quantitative estimate of drug-likeness (QED) is 0.581. The molecule has 8 heteroatoms. The van der Waals surface area contributed by atoms with Crippen LogP contribution in [0.3, 0.4) is 0 Å². The fraction of sp³-hybridized carbons (Fsp3) is 0.500. The number of methoxy groups -OCH3 is 2. The van der Waals surface area contributed by atoms with Gasteiger partial charge >= 0.3 is 5.97 Å². The highest BCUT2D eigenvalue weighted by atomic mass is 16.6. The molecule has 1 amide bonds. The van der Waals surface area contributed by atoms with Gasteiger partial charge in [0.05, 0.1) is 44.8 Å². The van der Waals surface area contributed by atoms with Gasteiger partial charge in [0.2, 0.25) is 0 Å². The lowest BCUT2D eigenvalue weighted by molar-refractivity contribution is -0.142. The summed E-state index contributed by atoms with van der Waals surface area (Å²) < 4.78 is 25.8. The molecule has 0 radical (unpaired) electrons. The molecule has 0 aliphatic carbocycles. The third-order valence-corrected chi connectivity index (χ3v) is 3.31. The maximum Gasteiger partial charge on any atom is 0.337 e. The molecule has 0 bridgehead atoms. The summed E-state index contributed by atoms with van der Waals surface area (Å²) in [5.74, 6) is -0.481. The molecule has 1 saturated heterocycles. The van der Waals surface area contributed by atoms with Gasteiger partial charge in [-0.2, -0.15) is 0 Å². The first-order valence-corrected chi connectivity index (χ1v) is 7.50. The van der Waals surface area contributed by atoms with Crippen LogP contribution in [-0.4, -0.2) is 65.2 Å². The van der Waals surface area contributed by atoms with Crippen LogP contribution in [-0.2, 0) is 23.7 Å². The highest BCUT2D eigenvalue weighted by molar-refractivity contribution is 5.97. The molecule has 1 aromatic carbocycles. The van der Waals surface area contributed by atoms with Crippen LogP contribution in [0, 0.1) is 0 Å². The molecule has 1 aliphatic heterocycles. The van der Waals surface area contributed by atoms with Crippen LogP contribution in [0.5, 0.6) is 5.75 Å². The number of carbonyl (C=O) groups excluding carboxylic acids is 2. The van der Waals surface area contributed by atoms with Gasteiger partial charge in [-0.25, -0.2) is 4.79 Å². The van der Waals surface area contributed by atoms with Gasteiger partial charge in [0.1, 0.15) is 12.4 Å². The molecule has 8 nitrogen and oxygen atoms in total. The van der Waals surface area contributed by atoms with Crippen LogP contribution < -0.4 is 10.1 Å². The molecule has 1 fully saturated rings. The van der Waals surface area contributed by atoms with Gasteiger partial charge in [-0.15, -0.1) is 0 Å². The first-order chi connectivity index (χ1) is 11.7. The second-order valence-corrected chi connectivity index (χ2v) is 4.97. The summed E-state index contributed by atoms with van der Waals surface area (Å²) in [6.45, 7) is 1.69. The van der Waals surface area contributed by atoms with E-state index >= 15 is 0 Å². The third kappa shape index (κ3) is 4.92. The molecule has 1 aromatic rings. The van der Waals surface area contributed by atoms with Crippen molar-refractivity contribution in [1.29, 1.82) is 0 Å². The second kappa shape index (κ2) is 9.21. The van der Waals surface area contributed by atoms with E-state index in [0.29, 0.717) is 36.8 Å². The van der Waals surface area contributed by atoms with E-state index < -0.39 is 12.1 Å². The van der Waals surface area contributed by atoms with Crippen LogP contribution >= 0.6 is 0 Å². The standard InChI is InChI=1S/C16H21NO7/c1-20-5-7-23-13-9-11(16(19)21-2)3-4-12(13)17-15(18)14-10-22-6-8-24-14/h3-4,9,14H,5-8,10H2,1-2H3,(H,17,18). The van der Waals surface area contributed by atoms with Crippen molar-refractivity contribution in [3.8, 4) is 5.75 Å². The Kier molecular flexibility index (Phi) is 6.98. The predicted octanol–water partition coefficient (Wildman–Crippen LogP) is 0.852. The topological polar surface area (TPSA) is 92.3 Å². The summed E-state index contributed by atoms with van der Waals surface area (Å²) in [5.41, 5.74) is 0.748. The van der Waals surface area contributed by atoms with Crippen molar-refractivity contribution in [3.05, 3.63) is 23.8 Å². The summed E-state index contributed by atoms with van der Waals surface area (Å²) in [4.78, 5) is 23.9. The fourth-order valence-electron chi connectivity index (χ4n) is 2.08. The molecule has 1 heterocycles. The number of amides is 1. The SMILES string of the molecule is COCCOc1cc(C(=O)OC)ccc1NC(=O)C1COCCO1. The van der Waals surface area contributed by atoms with Gasteiger partial charge in [-0.1, -0.05) is 0 Å². The van der Waals surface area contributed by atoms with E-state index in [-0.39, 0.29) is 19.1 Å². The van der Waals surface area contributed by atoms with Crippen LogP contribution in [0.15, 0.2) is 18.2 Å². The first-order valence-electron chi connectivity index (χ1n) is 7.50. The van der Waals surface area contributed by atoms with E-state index in [4.69, 9.17) is 18.9 Å². The molecule has 1 N–H and O–H groups in total. The number of hydrogen-bond acceptors (Lipinski definition) is 7. The number of esters is 1. The number of ether oxygens (including phenoxy) is 5. The van der Waals surface area contributed by atoms with Crippen molar-refractivity contribution in [3.63, 3.8) is 0 Å². The Hall–Kier alpha value is -2.16. The van der Waals surface area contributed by atoms with E-state index in [1.54, 1.807) is 19.2 Å². The van der Waals surface area contributed by atoms with Crippen LogP contribution in [0.25, 0.3) is 0 Å². The molecule has 24 heavy (non-hydrogen) atoms. The third-order valence-electron chi connectivity index (χ3n) is 3.31. The zero-order valence-corrected chi connectivity index (χ0v) is 13.7. The minimum Gasteiger partial charge on any atom is -0.489 e. The van der Waals surface area contributed by atoms with Gasteiger partial charge in [0.25, 0.3) is 5.91 Å². The smallest absolute Gasteiger partial charge is 0.337 e. The van der Waals surface area contributed by atoms with Crippen LogP contribution in [0.4, 0.5) is 5.69 Å². The number of anilines is 1. The molecule has 1 unspecified atom stereocenters. The van der Waals surface area contributed by atoms with Gasteiger partial charge in [0, 0.05) is 7.11 Å². The van der Waals surface area contributed by atoms with E-state index in [2.05, 4.69) is 10.1 Å². The lowest BCUT2D eigenvalue weighted by atomic mass is 10.2. The summed E-state index contributed by atoms with van der Waals surface area (Å²) >= 11 is 0. The predicted molar refractivity (Wildman–Crippen MR) is 84.3 cm³/mol. The lowest BCUT2D eigenvalue weighted by Crippen LogP contribution is -2.39.